The topological polar surface area (TPSA) is 51.7 Å². The number of thioether (sulfide) groups is 1. The molecule has 0 aliphatic carbocycles. The van der Waals surface area contributed by atoms with Crippen LogP contribution in [0.3, 0.4) is 0 Å². The molecule has 0 N–H and O–H groups in total. The highest BCUT2D eigenvalue weighted by Gasteiger charge is 2.50. The van der Waals surface area contributed by atoms with Gasteiger partial charge < -0.3 is 14.4 Å². The number of benzene rings is 1. The summed E-state index contributed by atoms with van der Waals surface area (Å²) in [5.41, 5.74) is 3.49. The summed E-state index contributed by atoms with van der Waals surface area (Å²) < 4.78 is 12.0. The molecule has 2 aromatic rings. The number of hydrogen-bond donors (Lipinski definition) is 0. The summed E-state index contributed by atoms with van der Waals surface area (Å²) >= 11 is 1.97. The molecular formula is C23H26N2O3S. The maximum Gasteiger partial charge on any atom is 0.227 e. The van der Waals surface area contributed by atoms with E-state index in [2.05, 4.69) is 11.1 Å². The fourth-order valence-corrected chi connectivity index (χ4v) is 6.01. The molecule has 0 saturated carbocycles. The minimum atomic E-state index is 0.197. The van der Waals surface area contributed by atoms with E-state index >= 15 is 0 Å². The summed E-state index contributed by atoms with van der Waals surface area (Å²) in [6.45, 7) is 3.12. The van der Waals surface area contributed by atoms with Crippen molar-refractivity contribution in [1.29, 1.82) is 0 Å². The van der Waals surface area contributed by atoms with Gasteiger partial charge in [0.15, 0.2) is 0 Å². The number of rotatable bonds is 5. The fourth-order valence-electron chi connectivity index (χ4n) is 4.46. The van der Waals surface area contributed by atoms with Crippen LogP contribution in [0.25, 0.3) is 0 Å². The lowest BCUT2D eigenvalue weighted by atomic mass is 9.92. The Labute approximate surface area is 175 Å². The average Bonchev–Trinajstić information content (AvgIpc) is 3.17. The Kier molecular flexibility index (Phi) is 5.22. The molecule has 0 radical (unpaired) electrons. The van der Waals surface area contributed by atoms with Gasteiger partial charge in [-0.3, -0.25) is 9.78 Å². The van der Waals surface area contributed by atoms with E-state index in [9.17, 15) is 4.79 Å². The molecule has 2 fully saturated rings. The number of carbonyl (C=O) groups excluding carboxylic acids is 1. The fraction of sp³-hybridized carbons (Fsp3) is 0.478. The highest BCUT2D eigenvalue weighted by atomic mass is 32.2. The van der Waals surface area contributed by atoms with Gasteiger partial charge in [0.2, 0.25) is 5.91 Å². The SMILES string of the molecule is O=C(Cc1ccc2c(c1)CCCO2)N1CC2(C[C@@H](OCc3ccncc3)CS2)C1. The molecule has 152 valence electrons. The maximum atomic E-state index is 12.7. The second-order valence-corrected chi connectivity index (χ2v) is 9.80. The summed E-state index contributed by atoms with van der Waals surface area (Å²) in [6, 6.07) is 10.2. The van der Waals surface area contributed by atoms with Crippen molar-refractivity contribution in [2.75, 3.05) is 25.4 Å². The third-order valence-corrected chi connectivity index (χ3v) is 7.62. The van der Waals surface area contributed by atoms with E-state index < -0.39 is 0 Å². The zero-order valence-electron chi connectivity index (χ0n) is 16.5. The lowest BCUT2D eigenvalue weighted by Gasteiger charge is -2.47. The smallest absolute Gasteiger partial charge is 0.227 e. The van der Waals surface area contributed by atoms with Gasteiger partial charge in [-0.25, -0.2) is 0 Å². The predicted octanol–water partition coefficient (Wildman–Crippen LogP) is 3.25. The van der Waals surface area contributed by atoms with Gasteiger partial charge in [0, 0.05) is 31.2 Å². The van der Waals surface area contributed by atoms with Crippen LogP contribution in [0.5, 0.6) is 5.75 Å². The van der Waals surface area contributed by atoms with E-state index in [0.717, 1.165) is 61.6 Å². The average molecular weight is 411 g/mol. The van der Waals surface area contributed by atoms with Crippen molar-refractivity contribution in [2.45, 2.75) is 43.1 Å². The van der Waals surface area contributed by atoms with Crippen molar-refractivity contribution in [3.05, 3.63) is 59.4 Å². The lowest BCUT2D eigenvalue weighted by molar-refractivity contribution is -0.136. The first-order valence-electron chi connectivity index (χ1n) is 10.4. The molecule has 3 aliphatic rings. The second-order valence-electron chi connectivity index (χ2n) is 8.31. The number of ether oxygens (including phenoxy) is 2. The minimum Gasteiger partial charge on any atom is -0.493 e. The Balaban J connectivity index is 1.10. The predicted molar refractivity (Wildman–Crippen MR) is 113 cm³/mol. The van der Waals surface area contributed by atoms with E-state index in [1.807, 2.05) is 40.9 Å². The number of fused-ring (bicyclic) bond motifs is 1. The Morgan fingerprint density at radius 2 is 2.10 bits per heavy atom. The van der Waals surface area contributed by atoms with Crippen LogP contribution in [0.15, 0.2) is 42.7 Å². The highest BCUT2D eigenvalue weighted by molar-refractivity contribution is 8.01. The maximum absolute atomic E-state index is 12.7. The summed E-state index contributed by atoms with van der Waals surface area (Å²) in [4.78, 5) is 18.8. The summed E-state index contributed by atoms with van der Waals surface area (Å²) in [5.74, 6) is 2.22. The first-order chi connectivity index (χ1) is 14.2. The molecule has 5 nitrogen and oxygen atoms in total. The number of carbonyl (C=O) groups is 1. The van der Waals surface area contributed by atoms with E-state index in [1.165, 1.54) is 5.56 Å². The van der Waals surface area contributed by atoms with Gasteiger partial charge in [0.25, 0.3) is 0 Å². The number of nitrogens with zero attached hydrogens (tertiary/aromatic N) is 2. The molecule has 5 rings (SSSR count). The van der Waals surface area contributed by atoms with Gasteiger partial charge in [-0.15, -0.1) is 11.8 Å². The molecule has 1 amide bonds. The van der Waals surface area contributed by atoms with Gasteiger partial charge in [-0.05, 0) is 54.2 Å². The Morgan fingerprint density at radius 1 is 1.24 bits per heavy atom. The second kappa shape index (κ2) is 8.00. The van der Waals surface area contributed by atoms with Crippen molar-refractivity contribution >= 4 is 17.7 Å². The number of aryl methyl sites for hydroxylation is 1. The van der Waals surface area contributed by atoms with Gasteiger partial charge in [-0.1, -0.05) is 12.1 Å². The zero-order chi connectivity index (χ0) is 19.7. The molecule has 0 bridgehead atoms. The lowest BCUT2D eigenvalue weighted by Crippen LogP contribution is -2.61. The molecule has 4 heterocycles. The summed E-state index contributed by atoms with van der Waals surface area (Å²) in [5, 5.41) is 0. The summed E-state index contributed by atoms with van der Waals surface area (Å²) in [6.07, 6.45) is 7.48. The van der Waals surface area contributed by atoms with Crippen molar-refractivity contribution in [3.8, 4) is 5.75 Å². The van der Waals surface area contributed by atoms with Gasteiger partial charge in [0.05, 0.1) is 30.5 Å². The van der Waals surface area contributed by atoms with Crippen molar-refractivity contribution in [3.63, 3.8) is 0 Å². The normalized spacial score (nSPS) is 22.1. The Bertz CT molecular complexity index is 883. The highest BCUT2D eigenvalue weighted by Crippen LogP contribution is 2.46. The Hall–Kier alpha value is -2.05. The molecule has 1 aromatic carbocycles. The number of likely N-dealkylation sites (tertiary alicyclic amines) is 1. The van der Waals surface area contributed by atoms with Crippen LogP contribution in [0.4, 0.5) is 0 Å². The van der Waals surface area contributed by atoms with Crippen LogP contribution in [0.2, 0.25) is 0 Å². The third kappa shape index (κ3) is 4.14. The standard InChI is InChI=1S/C23H26N2O3S/c26-22(11-18-3-4-21-19(10-18)2-1-9-27-21)25-15-23(16-25)12-20(14-29-23)28-13-17-5-7-24-8-6-17/h3-8,10,20H,1-2,9,11-16H2/t20-/m1/s1. The van der Waals surface area contributed by atoms with E-state index in [0.29, 0.717) is 13.0 Å². The van der Waals surface area contributed by atoms with Crippen LogP contribution < -0.4 is 4.74 Å². The van der Waals surface area contributed by atoms with Crippen molar-refractivity contribution in [2.24, 2.45) is 0 Å². The van der Waals surface area contributed by atoms with Gasteiger partial charge in [0.1, 0.15) is 5.75 Å². The molecule has 29 heavy (non-hydrogen) atoms. The number of pyridine rings is 1. The molecule has 3 aliphatic heterocycles. The van der Waals surface area contributed by atoms with Crippen LogP contribution in [-0.2, 0) is 29.0 Å². The van der Waals surface area contributed by atoms with Gasteiger partial charge >= 0.3 is 0 Å². The van der Waals surface area contributed by atoms with E-state index in [4.69, 9.17) is 9.47 Å². The van der Waals surface area contributed by atoms with Crippen LogP contribution in [0.1, 0.15) is 29.5 Å². The monoisotopic (exact) mass is 410 g/mol. The molecule has 6 heteroatoms. The molecule has 1 aromatic heterocycles. The molecule has 2 saturated heterocycles. The van der Waals surface area contributed by atoms with Crippen LogP contribution >= 0.6 is 11.8 Å². The molecular weight excluding hydrogens is 384 g/mol. The van der Waals surface area contributed by atoms with E-state index in [1.54, 1.807) is 12.4 Å². The van der Waals surface area contributed by atoms with Crippen molar-refractivity contribution < 1.29 is 14.3 Å². The largest absolute Gasteiger partial charge is 0.493 e. The van der Waals surface area contributed by atoms with Crippen LogP contribution in [0, 0.1) is 0 Å². The third-order valence-electron chi connectivity index (χ3n) is 6.05. The number of hydrogen-bond acceptors (Lipinski definition) is 5. The minimum absolute atomic E-state index is 0.197. The summed E-state index contributed by atoms with van der Waals surface area (Å²) in [7, 11) is 0. The molecule has 1 spiro atoms. The van der Waals surface area contributed by atoms with Crippen LogP contribution in [-0.4, -0.2) is 52.1 Å². The van der Waals surface area contributed by atoms with Crippen molar-refractivity contribution in [1.82, 2.24) is 9.88 Å². The first-order valence-corrected chi connectivity index (χ1v) is 11.3. The van der Waals surface area contributed by atoms with E-state index in [-0.39, 0.29) is 16.8 Å². The molecule has 0 unspecified atom stereocenters. The Morgan fingerprint density at radius 3 is 2.97 bits per heavy atom. The first kappa shape index (κ1) is 18.9. The quantitative estimate of drug-likeness (QED) is 0.757. The zero-order valence-corrected chi connectivity index (χ0v) is 17.3. The molecule has 1 atom stereocenters. The number of amides is 1. The number of aromatic nitrogens is 1. The van der Waals surface area contributed by atoms with Gasteiger partial charge in [-0.2, -0.15) is 0 Å².